The summed E-state index contributed by atoms with van der Waals surface area (Å²) in [5.74, 6) is 0.181. The van der Waals surface area contributed by atoms with E-state index < -0.39 is 5.97 Å². The number of esters is 1. The number of nitrogens with one attached hydrogen (secondary N) is 1. The van der Waals surface area contributed by atoms with Gasteiger partial charge in [-0.1, -0.05) is 36.4 Å². The normalized spacial score (nSPS) is 11.3. The van der Waals surface area contributed by atoms with Crippen molar-refractivity contribution in [2.75, 3.05) is 20.8 Å². The third kappa shape index (κ3) is 5.42. The minimum atomic E-state index is -0.551. The number of nitrogens with zero attached hydrogens (tertiary/aromatic N) is 5. The lowest BCUT2D eigenvalue weighted by Crippen LogP contribution is -2.17. The van der Waals surface area contributed by atoms with Crippen molar-refractivity contribution in [3.63, 3.8) is 0 Å². The van der Waals surface area contributed by atoms with Crippen LogP contribution in [0.1, 0.15) is 34.2 Å². The molecule has 0 radical (unpaired) electrons. The van der Waals surface area contributed by atoms with Crippen LogP contribution in [0.25, 0.3) is 66.0 Å². The molecule has 256 valence electrons. The number of methoxy groups -OCH3 is 2. The minimum absolute atomic E-state index is 0.0496. The number of benzene rings is 3. The molecule has 52 heavy (non-hydrogen) atoms. The second kappa shape index (κ2) is 13.5. The Kier molecular flexibility index (Phi) is 8.42. The summed E-state index contributed by atoms with van der Waals surface area (Å²) < 4.78 is 18.4. The molecule has 0 fully saturated rings. The molecule has 8 aromatic rings. The van der Waals surface area contributed by atoms with E-state index in [-0.39, 0.29) is 31.2 Å². The summed E-state index contributed by atoms with van der Waals surface area (Å²) in [5.41, 5.74) is 8.18. The van der Waals surface area contributed by atoms with Gasteiger partial charge in [0.15, 0.2) is 5.69 Å². The van der Waals surface area contributed by atoms with Gasteiger partial charge in [-0.3, -0.25) is 4.98 Å². The first-order valence-corrected chi connectivity index (χ1v) is 16.7. The Balaban J connectivity index is 1.33. The van der Waals surface area contributed by atoms with Crippen LogP contribution in [0.3, 0.4) is 0 Å². The molecule has 0 bridgehead atoms. The van der Waals surface area contributed by atoms with Gasteiger partial charge in [0.05, 0.1) is 49.4 Å². The number of aromatic amines is 1. The molecule has 0 saturated carbocycles. The van der Waals surface area contributed by atoms with Gasteiger partial charge in [-0.25, -0.2) is 14.8 Å². The van der Waals surface area contributed by atoms with E-state index in [1.54, 1.807) is 44.5 Å². The van der Waals surface area contributed by atoms with E-state index in [2.05, 4.69) is 38.1 Å². The highest BCUT2D eigenvalue weighted by Gasteiger charge is 2.24. The number of carbonyl (C=O) groups is 1. The minimum Gasteiger partial charge on any atom is -0.496 e. The van der Waals surface area contributed by atoms with Gasteiger partial charge in [-0.05, 0) is 55.0 Å². The number of hydrogen-bond donors (Lipinski definition) is 1. The van der Waals surface area contributed by atoms with E-state index >= 15 is 0 Å². The maximum atomic E-state index is 13.4. The van der Waals surface area contributed by atoms with Crippen molar-refractivity contribution in [1.82, 2.24) is 24.7 Å². The third-order valence-corrected chi connectivity index (χ3v) is 9.18. The molecule has 3 aromatic carbocycles. The number of aromatic nitrogens is 5. The molecule has 0 amide bonds. The molecular formula is C41H32N6O5. The Morgan fingerprint density at radius 2 is 1.65 bits per heavy atom. The monoisotopic (exact) mass is 688 g/mol. The summed E-state index contributed by atoms with van der Waals surface area (Å²) in [6.45, 7) is 2.06. The predicted octanol–water partition coefficient (Wildman–Crippen LogP) is 7.78. The molecule has 0 unspecified atom stereocenters. The first-order chi connectivity index (χ1) is 25.5. The second-order valence-electron chi connectivity index (χ2n) is 12.1. The van der Waals surface area contributed by atoms with E-state index in [1.807, 2.05) is 66.7 Å². The molecular weight excluding hydrogens is 656 g/mol. The molecule has 0 aliphatic carbocycles. The number of hydrogen-bond acceptors (Lipinski definition) is 9. The second-order valence-corrected chi connectivity index (χ2v) is 12.1. The summed E-state index contributed by atoms with van der Waals surface area (Å²) in [6.07, 6.45) is 5.04. The van der Waals surface area contributed by atoms with E-state index in [9.17, 15) is 10.1 Å². The molecule has 0 spiro atoms. The Bertz CT molecular complexity index is 2690. The Morgan fingerprint density at radius 1 is 0.827 bits per heavy atom. The van der Waals surface area contributed by atoms with Crippen LogP contribution in [0.4, 0.5) is 0 Å². The molecule has 5 aromatic heterocycles. The van der Waals surface area contributed by atoms with Crippen LogP contribution in [0, 0.1) is 11.3 Å². The largest absolute Gasteiger partial charge is 0.496 e. The molecule has 11 nitrogen and oxygen atoms in total. The first kappa shape index (κ1) is 32.4. The average molecular weight is 689 g/mol. The molecule has 0 atom stereocenters. The van der Waals surface area contributed by atoms with Crippen LogP contribution < -0.4 is 9.57 Å². The van der Waals surface area contributed by atoms with Crippen molar-refractivity contribution in [3.8, 4) is 34.2 Å². The Morgan fingerprint density at radius 3 is 2.44 bits per heavy atom. The third-order valence-electron chi connectivity index (χ3n) is 9.18. The molecule has 0 aliphatic heterocycles. The lowest BCUT2D eigenvalue weighted by Gasteiger charge is -2.14. The van der Waals surface area contributed by atoms with Gasteiger partial charge in [0.2, 0.25) is 0 Å². The van der Waals surface area contributed by atoms with Crippen LogP contribution in [-0.2, 0) is 22.7 Å². The highest BCUT2D eigenvalue weighted by Crippen LogP contribution is 2.38. The van der Waals surface area contributed by atoms with Gasteiger partial charge in [0.1, 0.15) is 29.6 Å². The Labute approximate surface area is 297 Å². The summed E-state index contributed by atoms with van der Waals surface area (Å²) in [4.78, 5) is 37.2. The summed E-state index contributed by atoms with van der Waals surface area (Å²) >= 11 is 0. The molecule has 0 aliphatic rings. The van der Waals surface area contributed by atoms with Crippen molar-refractivity contribution >= 4 is 49.6 Å². The summed E-state index contributed by atoms with van der Waals surface area (Å²) in [5, 5.41) is 13.3. The molecule has 1 N–H and O–H groups in total. The molecule has 0 saturated heterocycles. The summed E-state index contributed by atoms with van der Waals surface area (Å²) in [6, 6.07) is 27.9. The van der Waals surface area contributed by atoms with Gasteiger partial charge < -0.3 is 24.0 Å². The van der Waals surface area contributed by atoms with Crippen LogP contribution in [-0.4, -0.2) is 51.5 Å². The number of pyridine rings is 3. The number of carbonyl (C=O) groups excluding carboxylic acids is 1. The lowest BCUT2D eigenvalue weighted by molar-refractivity contribution is 0.0511. The van der Waals surface area contributed by atoms with Gasteiger partial charge in [0, 0.05) is 62.6 Å². The van der Waals surface area contributed by atoms with Gasteiger partial charge in [-0.15, -0.1) is 0 Å². The number of para-hydroxylation sites is 1. The zero-order valence-corrected chi connectivity index (χ0v) is 28.6. The van der Waals surface area contributed by atoms with Crippen molar-refractivity contribution in [1.29, 1.82) is 5.26 Å². The van der Waals surface area contributed by atoms with Crippen molar-refractivity contribution in [3.05, 3.63) is 120 Å². The van der Waals surface area contributed by atoms with Crippen molar-refractivity contribution in [2.24, 2.45) is 0 Å². The van der Waals surface area contributed by atoms with E-state index in [1.165, 1.54) is 0 Å². The van der Waals surface area contributed by atoms with Gasteiger partial charge in [0.25, 0.3) is 0 Å². The maximum Gasteiger partial charge on any atom is 0.357 e. The summed E-state index contributed by atoms with van der Waals surface area (Å²) in [7, 11) is 3.23. The smallest absolute Gasteiger partial charge is 0.357 e. The number of ether oxygens (including phenoxy) is 3. The zero-order valence-electron chi connectivity index (χ0n) is 28.6. The fourth-order valence-corrected chi connectivity index (χ4v) is 6.91. The maximum absolute atomic E-state index is 13.4. The van der Waals surface area contributed by atoms with E-state index in [0.29, 0.717) is 16.6 Å². The SMILES string of the molecule is CCOC(=O)c1ncc2[nH]c3ccc(-c4ccccn4)cc3c2c1COn1c2ccc(-c3ccccc3OC)cc2c2c(COC)c(C#N)ncc21. The highest BCUT2D eigenvalue weighted by atomic mass is 16.7. The fourth-order valence-electron chi connectivity index (χ4n) is 6.91. The number of rotatable bonds is 10. The van der Waals surface area contributed by atoms with Crippen LogP contribution in [0.2, 0.25) is 0 Å². The average Bonchev–Trinajstić information content (AvgIpc) is 3.72. The fraction of sp³-hybridized carbons (Fsp3) is 0.146. The van der Waals surface area contributed by atoms with Crippen molar-refractivity contribution < 1.29 is 23.8 Å². The topological polar surface area (TPSA) is 137 Å². The quantitative estimate of drug-likeness (QED) is 0.143. The van der Waals surface area contributed by atoms with Gasteiger partial charge >= 0.3 is 5.97 Å². The van der Waals surface area contributed by atoms with Gasteiger partial charge in [-0.2, -0.15) is 9.99 Å². The number of nitriles is 1. The standard InChI is InChI=1S/C41H32N6O5/c1-4-51-41(48)40-30(38-27-18-25(31-10-7-8-16-43-31)12-14-32(27)46-34(38)20-45-40)23-52-47-35-15-13-24(26-9-5-6-11-37(26)50-3)17-28(35)39-29(22-49-2)33(19-42)44-21-36(39)47/h5-18,20-21,46H,4,22-23H2,1-3H3. The van der Waals surface area contributed by atoms with Crippen molar-refractivity contribution in [2.45, 2.75) is 20.1 Å². The predicted molar refractivity (Wildman–Crippen MR) is 198 cm³/mol. The number of fused-ring (bicyclic) bond motifs is 6. The lowest BCUT2D eigenvalue weighted by atomic mass is 10.00. The number of H-pyrrole nitrogens is 1. The highest BCUT2D eigenvalue weighted by molar-refractivity contribution is 6.13. The zero-order chi connectivity index (χ0) is 35.8. The van der Waals surface area contributed by atoms with Crippen LogP contribution in [0.15, 0.2) is 97.5 Å². The molecule has 11 heteroatoms. The van der Waals surface area contributed by atoms with Crippen LogP contribution >= 0.6 is 0 Å². The Hall–Kier alpha value is -6.77. The molecule has 5 heterocycles. The van der Waals surface area contributed by atoms with E-state index in [0.717, 1.165) is 66.2 Å². The molecule has 8 rings (SSSR count). The first-order valence-electron chi connectivity index (χ1n) is 16.7. The van der Waals surface area contributed by atoms with E-state index in [4.69, 9.17) is 19.0 Å². The van der Waals surface area contributed by atoms with Crippen LogP contribution in [0.5, 0.6) is 5.75 Å².